The molecule has 0 aliphatic carbocycles. The average molecular weight is 398 g/mol. The third-order valence-corrected chi connectivity index (χ3v) is 6.99. The first-order valence-corrected chi connectivity index (χ1v) is 10.8. The molecule has 0 spiro atoms. The summed E-state index contributed by atoms with van der Waals surface area (Å²) in [6, 6.07) is 10.2. The second-order valence-corrected chi connectivity index (χ2v) is 9.03. The zero-order valence-corrected chi connectivity index (χ0v) is 16.6. The van der Waals surface area contributed by atoms with Gasteiger partial charge in [0, 0.05) is 11.8 Å². The molecule has 4 aromatic rings. The van der Waals surface area contributed by atoms with Crippen LogP contribution in [0.25, 0.3) is 15.2 Å². The van der Waals surface area contributed by atoms with Crippen LogP contribution in [0.3, 0.4) is 0 Å². The summed E-state index contributed by atoms with van der Waals surface area (Å²) >= 11 is 3.29. The van der Waals surface area contributed by atoms with E-state index in [4.69, 9.17) is 4.98 Å². The molecule has 0 saturated carbocycles. The topological polar surface area (TPSA) is 63.4 Å². The lowest BCUT2D eigenvalue weighted by molar-refractivity contribution is 0.140. The van der Waals surface area contributed by atoms with Crippen LogP contribution in [0.4, 0.5) is 0 Å². The Kier molecular flexibility index (Phi) is 4.26. The first-order chi connectivity index (χ1) is 13.2. The maximum Gasteiger partial charge on any atom is 0.275 e. The second kappa shape index (κ2) is 6.78. The number of likely N-dealkylation sites (tertiary alicyclic amines) is 1. The van der Waals surface area contributed by atoms with Crippen LogP contribution in [0, 0.1) is 6.92 Å². The van der Waals surface area contributed by atoms with Crippen LogP contribution in [-0.4, -0.2) is 31.0 Å². The average Bonchev–Trinajstić information content (AvgIpc) is 3.26. The van der Waals surface area contributed by atoms with Crippen LogP contribution in [0.1, 0.15) is 41.0 Å². The largest absolute Gasteiger partial charge is 0.287 e. The van der Waals surface area contributed by atoms with Gasteiger partial charge in [-0.25, -0.2) is 9.97 Å². The van der Waals surface area contributed by atoms with Gasteiger partial charge in [0.25, 0.3) is 5.56 Å². The van der Waals surface area contributed by atoms with E-state index >= 15 is 0 Å². The Bertz CT molecular complexity index is 1140. The maximum absolute atomic E-state index is 12.1. The van der Waals surface area contributed by atoms with Crippen LogP contribution in [-0.2, 0) is 6.54 Å². The van der Waals surface area contributed by atoms with Crippen molar-refractivity contribution in [3.8, 4) is 0 Å². The molecule has 4 heterocycles. The quantitative estimate of drug-likeness (QED) is 0.526. The van der Waals surface area contributed by atoms with Crippen molar-refractivity contribution in [2.75, 3.05) is 6.54 Å². The number of para-hydroxylation sites is 1. The molecule has 6 nitrogen and oxygen atoms in total. The Morgan fingerprint density at radius 2 is 2.07 bits per heavy atom. The summed E-state index contributed by atoms with van der Waals surface area (Å²) in [5.74, 6) is 0. The number of fused-ring (bicyclic) bond motifs is 2. The molecule has 27 heavy (non-hydrogen) atoms. The zero-order valence-electron chi connectivity index (χ0n) is 15.0. The molecular weight excluding hydrogens is 378 g/mol. The summed E-state index contributed by atoms with van der Waals surface area (Å²) in [5, 5.41) is 6.63. The van der Waals surface area contributed by atoms with Gasteiger partial charge >= 0.3 is 0 Å². The smallest absolute Gasteiger partial charge is 0.275 e. The van der Waals surface area contributed by atoms with Crippen molar-refractivity contribution in [3.63, 3.8) is 0 Å². The van der Waals surface area contributed by atoms with Crippen LogP contribution >= 0.6 is 22.7 Å². The monoisotopic (exact) mass is 397 g/mol. The number of hydrogen-bond donors (Lipinski definition) is 0. The molecule has 1 fully saturated rings. The van der Waals surface area contributed by atoms with Crippen LogP contribution in [0.15, 0.2) is 35.1 Å². The van der Waals surface area contributed by atoms with Crippen LogP contribution in [0.5, 0.6) is 0 Å². The molecule has 5 rings (SSSR count). The molecule has 0 radical (unpaired) electrons. The normalized spacial score (nSPS) is 18.5. The van der Waals surface area contributed by atoms with Gasteiger partial charge < -0.3 is 0 Å². The van der Waals surface area contributed by atoms with Crippen molar-refractivity contribution in [2.24, 2.45) is 0 Å². The summed E-state index contributed by atoms with van der Waals surface area (Å²) < 4.78 is 2.66. The Labute approximate surface area is 164 Å². The van der Waals surface area contributed by atoms with E-state index in [0.29, 0.717) is 11.0 Å². The summed E-state index contributed by atoms with van der Waals surface area (Å²) in [5.41, 5.74) is 1.70. The number of aromatic nitrogens is 4. The number of piperidine rings is 1. The minimum atomic E-state index is -0.110. The summed E-state index contributed by atoms with van der Waals surface area (Å²) in [6.07, 6.45) is 3.52. The fourth-order valence-electron chi connectivity index (χ4n) is 3.69. The molecule has 0 N–H and O–H groups in total. The molecule has 1 aliphatic rings. The van der Waals surface area contributed by atoms with Crippen molar-refractivity contribution in [2.45, 2.75) is 38.8 Å². The number of aryl methyl sites for hydroxylation is 1. The Morgan fingerprint density at radius 3 is 2.96 bits per heavy atom. The molecule has 0 bridgehead atoms. The second-order valence-electron chi connectivity index (χ2n) is 6.93. The maximum atomic E-state index is 12.1. The molecule has 0 unspecified atom stereocenters. The van der Waals surface area contributed by atoms with Gasteiger partial charge in [0.05, 0.1) is 22.8 Å². The highest BCUT2D eigenvalue weighted by Gasteiger charge is 2.27. The predicted molar refractivity (Wildman–Crippen MR) is 108 cm³/mol. The third kappa shape index (κ3) is 3.18. The highest BCUT2D eigenvalue weighted by molar-refractivity contribution is 7.18. The summed E-state index contributed by atoms with van der Waals surface area (Å²) in [7, 11) is 0. The Morgan fingerprint density at radius 1 is 1.19 bits per heavy atom. The minimum absolute atomic E-state index is 0.110. The molecule has 0 amide bonds. The van der Waals surface area contributed by atoms with Crippen molar-refractivity contribution in [1.29, 1.82) is 0 Å². The van der Waals surface area contributed by atoms with Gasteiger partial charge in [-0.3, -0.25) is 9.69 Å². The van der Waals surface area contributed by atoms with Gasteiger partial charge in [0.15, 0.2) is 0 Å². The summed E-state index contributed by atoms with van der Waals surface area (Å²) in [6.45, 7) is 3.60. The van der Waals surface area contributed by atoms with Crippen molar-refractivity contribution in [1.82, 2.24) is 24.5 Å². The van der Waals surface area contributed by atoms with Crippen LogP contribution in [0.2, 0.25) is 0 Å². The molecule has 3 aromatic heterocycles. The Balaban J connectivity index is 1.47. The lowest BCUT2D eigenvalue weighted by Crippen LogP contribution is -2.33. The molecule has 138 valence electrons. The standard InChI is InChI=1S/C19H19N5OS2/c1-12-10-17(25)24-19(20-12)27-16(22-24)11-23-9-5-4-7-14(23)18-21-13-6-2-3-8-15(13)26-18/h2-3,6,8,10,14H,4-5,7,9,11H2,1H3/t14-/m0/s1. The SMILES string of the molecule is Cc1cc(=O)n2nc(CN3CCCC[C@H]3c3nc4ccccc4s3)sc2n1. The first kappa shape index (κ1) is 17.0. The molecule has 1 atom stereocenters. The van der Waals surface area contributed by atoms with E-state index in [2.05, 4.69) is 33.2 Å². The van der Waals surface area contributed by atoms with Gasteiger partial charge in [-0.15, -0.1) is 11.3 Å². The van der Waals surface area contributed by atoms with Gasteiger partial charge in [0.1, 0.15) is 10.0 Å². The third-order valence-electron chi connectivity index (χ3n) is 4.96. The van der Waals surface area contributed by atoms with E-state index in [9.17, 15) is 4.79 Å². The van der Waals surface area contributed by atoms with Gasteiger partial charge in [-0.05, 0) is 38.4 Å². The first-order valence-electron chi connectivity index (χ1n) is 9.13. The predicted octanol–water partition coefficient (Wildman–Crippen LogP) is 3.80. The van der Waals surface area contributed by atoms with Crippen molar-refractivity contribution in [3.05, 3.63) is 56.4 Å². The molecule has 1 aliphatic heterocycles. The highest BCUT2D eigenvalue weighted by atomic mass is 32.1. The van der Waals surface area contributed by atoms with E-state index in [0.717, 1.165) is 35.7 Å². The molecule has 1 saturated heterocycles. The van der Waals surface area contributed by atoms with Gasteiger partial charge in [-0.2, -0.15) is 9.61 Å². The lowest BCUT2D eigenvalue weighted by Gasteiger charge is -2.33. The van der Waals surface area contributed by atoms with Gasteiger partial charge in [0.2, 0.25) is 4.96 Å². The van der Waals surface area contributed by atoms with Crippen molar-refractivity contribution >= 4 is 37.9 Å². The molecular formula is C19H19N5OS2. The van der Waals surface area contributed by atoms with E-state index in [-0.39, 0.29) is 5.56 Å². The number of thiazole rings is 1. The lowest BCUT2D eigenvalue weighted by atomic mass is 10.0. The number of rotatable bonds is 3. The zero-order chi connectivity index (χ0) is 18.4. The van der Waals surface area contributed by atoms with Gasteiger partial charge in [-0.1, -0.05) is 29.9 Å². The van der Waals surface area contributed by atoms with E-state index in [1.54, 1.807) is 11.3 Å². The van der Waals surface area contributed by atoms with E-state index in [1.807, 2.05) is 13.0 Å². The minimum Gasteiger partial charge on any atom is -0.287 e. The number of hydrogen-bond acceptors (Lipinski definition) is 7. The fourth-order valence-corrected chi connectivity index (χ4v) is 5.80. The fraction of sp³-hybridized carbons (Fsp3) is 0.368. The van der Waals surface area contributed by atoms with E-state index in [1.165, 1.54) is 44.5 Å². The highest BCUT2D eigenvalue weighted by Crippen LogP contribution is 2.36. The number of nitrogens with zero attached hydrogens (tertiary/aromatic N) is 5. The van der Waals surface area contributed by atoms with E-state index < -0.39 is 0 Å². The van der Waals surface area contributed by atoms with Crippen LogP contribution < -0.4 is 5.56 Å². The number of benzene rings is 1. The van der Waals surface area contributed by atoms with Crippen molar-refractivity contribution < 1.29 is 0 Å². The molecule has 8 heteroatoms. The Hall–Kier alpha value is -2.16. The summed E-state index contributed by atoms with van der Waals surface area (Å²) in [4.78, 5) is 24.6. The molecule has 1 aromatic carbocycles.